The van der Waals surface area contributed by atoms with Crippen molar-refractivity contribution >= 4 is 22.5 Å². The Balaban J connectivity index is 1.51. The second kappa shape index (κ2) is 7.15. The van der Waals surface area contributed by atoms with Gasteiger partial charge in [0.2, 0.25) is 5.91 Å². The van der Waals surface area contributed by atoms with Crippen molar-refractivity contribution in [2.45, 2.75) is 33.2 Å². The molecular weight excluding hydrogens is 338 g/mol. The van der Waals surface area contributed by atoms with Crippen molar-refractivity contribution in [2.75, 3.05) is 0 Å². The number of benzene rings is 1. The number of rotatable bonds is 5. The van der Waals surface area contributed by atoms with E-state index in [-0.39, 0.29) is 5.91 Å². The Labute approximate surface area is 157 Å². The van der Waals surface area contributed by atoms with Crippen LogP contribution in [0.5, 0.6) is 0 Å². The van der Waals surface area contributed by atoms with Crippen molar-refractivity contribution < 1.29 is 4.79 Å². The highest BCUT2D eigenvalue weighted by Crippen LogP contribution is 2.22. The van der Waals surface area contributed by atoms with Gasteiger partial charge in [0.1, 0.15) is 0 Å². The third-order valence-corrected chi connectivity index (χ3v) is 4.81. The SMILES string of the molecule is Cc1nc2c3ccccc3nn2c(C)c1CCC(=O)NCc1ccccn1. The summed E-state index contributed by atoms with van der Waals surface area (Å²) in [5.41, 5.74) is 5.70. The number of nitrogens with one attached hydrogen (secondary N) is 1. The summed E-state index contributed by atoms with van der Waals surface area (Å²) >= 11 is 0. The van der Waals surface area contributed by atoms with Gasteiger partial charge in [0.15, 0.2) is 5.65 Å². The largest absolute Gasteiger partial charge is 0.350 e. The summed E-state index contributed by atoms with van der Waals surface area (Å²) < 4.78 is 1.89. The fourth-order valence-electron chi connectivity index (χ4n) is 3.36. The zero-order valence-electron chi connectivity index (χ0n) is 15.4. The van der Waals surface area contributed by atoms with Crippen LogP contribution in [0.25, 0.3) is 16.6 Å². The third-order valence-electron chi connectivity index (χ3n) is 4.81. The van der Waals surface area contributed by atoms with Gasteiger partial charge in [-0.2, -0.15) is 5.10 Å². The van der Waals surface area contributed by atoms with Crippen molar-refractivity contribution in [3.8, 4) is 0 Å². The average molecular weight is 359 g/mol. The van der Waals surface area contributed by atoms with Gasteiger partial charge in [-0.15, -0.1) is 0 Å². The molecule has 1 N–H and O–H groups in total. The predicted octanol–water partition coefficient (Wildman–Crippen LogP) is 3.14. The summed E-state index contributed by atoms with van der Waals surface area (Å²) in [5, 5.41) is 8.63. The maximum Gasteiger partial charge on any atom is 0.220 e. The number of carbonyl (C=O) groups excluding carboxylic acids is 1. The summed E-state index contributed by atoms with van der Waals surface area (Å²) in [7, 11) is 0. The number of carbonyl (C=O) groups is 1. The Morgan fingerprint density at radius 1 is 1.11 bits per heavy atom. The smallest absolute Gasteiger partial charge is 0.220 e. The van der Waals surface area contributed by atoms with Crippen molar-refractivity contribution in [3.05, 3.63) is 71.3 Å². The van der Waals surface area contributed by atoms with E-state index in [1.165, 1.54) is 0 Å². The molecule has 27 heavy (non-hydrogen) atoms. The fourth-order valence-corrected chi connectivity index (χ4v) is 3.36. The lowest BCUT2D eigenvalue weighted by molar-refractivity contribution is -0.121. The van der Waals surface area contributed by atoms with E-state index in [4.69, 9.17) is 4.98 Å². The van der Waals surface area contributed by atoms with Crippen LogP contribution >= 0.6 is 0 Å². The molecule has 0 atom stereocenters. The van der Waals surface area contributed by atoms with E-state index < -0.39 is 0 Å². The Morgan fingerprint density at radius 3 is 2.74 bits per heavy atom. The first-order valence-electron chi connectivity index (χ1n) is 9.03. The van der Waals surface area contributed by atoms with E-state index >= 15 is 0 Å². The van der Waals surface area contributed by atoms with Crippen molar-refractivity contribution in [2.24, 2.45) is 0 Å². The molecule has 0 saturated heterocycles. The Bertz CT molecular complexity index is 1120. The number of aromatic nitrogens is 4. The summed E-state index contributed by atoms with van der Waals surface area (Å²) in [4.78, 5) is 21.2. The number of hydrogen-bond acceptors (Lipinski definition) is 4. The molecule has 3 aromatic heterocycles. The lowest BCUT2D eigenvalue weighted by Gasteiger charge is -2.11. The first kappa shape index (κ1) is 17.1. The number of pyridine rings is 1. The monoisotopic (exact) mass is 359 g/mol. The topological polar surface area (TPSA) is 72.2 Å². The number of amides is 1. The van der Waals surface area contributed by atoms with Gasteiger partial charge in [-0.1, -0.05) is 18.2 Å². The van der Waals surface area contributed by atoms with E-state index in [9.17, 15) is 4.79 Å². The highest BCUT2D eigenvalue weighted by atomic mass is 16.1. The van der Waals surface area contributed by atoms with Crippen LogP contribution in [0.1, 0.15) is 29.1 Å². The number of nitrogens with zero attached hydrogens (tertiary/aromatic N) is 4. The normalized spacial score (nSPS) is 11.2. The minimum Gasteiger partial charge on any atom is -0.350 e. The van der Waals surface area contributed by atoms with Gasteiger partial charge in [-0.05, 0) is 50.1 Å². The zero-order valence-corrected chi connectivity index (χ0v) is 15.4. The van der Waals surface area contributed by atoms with Gasteiger partial charge >= 0.3 is 0 Å². The summed E-state index contributed by atoms with van der Waals surface area (Å²) in [6, 6.07) is 13.7. The van der Waals surface area contributed by atoms with Gasteiger partial charge in [0, 0.05) is 29.4 Å². The number of fused-ring (bicyclic) bond motifs is 3. The first-order chi connectivity index (χ1) is 13.1. The first-order valence-corrected chi connectivity index (χ1v) is 9.03. The van der Waals surface area contributed by atoms with Crippen LogP contribution in [0.3, 0.4) is 0 Å². The van der Waals surface area contributed by atoms with Gasteiger partial charge in [0.05, 0.1) is 17.8 Å². The Kier molecular flexibility index (Phi) is 4.54. The molecule has 0 bridgehead atoms. The van der Waals surface area contributed by atoms with Gasteiger partial charge in [-0.25, -0.2) is 9.50 Å². The molecule has 0 aliphatic carbocycles. The maximum absolute atomic E-state index is 12.2. The maximum atomic E-state index is 12.2. The minimum absolute atomic E-state index is 0.00479. The van der Waals surface area contributed by atoms with Gasteiger partial charge in [-0.3, -0.25) is 9.78 Å². The second-order valence-electron chi connectivity index (χ2n) is 6.61. The van der Waals surface area contributed by atoms with Crippen LogP contribution in [0, 0.1) is 13.8 Å². The molecule has 4 aromatic rings. The quantitative estimate of drug-likeness (QED) is 0.594. The minimum atomic E-state index is 0.00479. The summed E-state index contributed by atoms with van der Waals surface area (Å²) in [6.07, 6.45) is 2.76. The molecule has 4 rings (SSSR count). The van der Waals surface area contributed by atoms with Crippen LogP contribution in [0.4, 0.5) is 0 Å². The highest BCUT2D eigenvalue weighted by Gasteiger charge is 2.14. The van der Waals surface area contributed by atoms with Crippen LogP contribution in [0.15, 0.2) is 48.7 Å². The predicted molar refractivity (Wildman–Crippen MR) is 104 cm³/mol. The standard InChI is InChI=1S/C21H21N5O/c1-14-17(10-11-20(27)23-13-16-7-5-6-12-22-16)15(2)26-21(24-14)18-8-3-4-9-19(18)25-26/h3-9,12H,10-11,13H2,1-2H3,(H,23,27). The van der Waals surface area contributed by atoms with E-state index in [0.717, 1.165) is 39.2 Å². The van der Waals surface area contributed by atoms with Crippen LogP contribution < -0.4 is 5.32 Å². The van der Waals surface area contributed by atoms with Gasteiger partial charge in [0.25, 0.3) is 0 Å². The second-order valence-corrected chi connectivity index (χ2v) is 6.61. The van der Waals surface area contributed by atoms with Crippen LogP contribution in [-0.4, -0.2) is 25.5 Å². The highest BCUT2D eigenvalue weighted by molar-refractivity contribution is 5.92. The summed E-state index contributed by atoms with van der Waals surface area (Å²) in [5.74, 6) is 0.00479. The van der Waals surface area contributed by atoms with E-state index in [1.54, 1.807) is 6.20 Å². The molecule has 136 valence electrons. The molecule has 1 amide bonds. The molecule has 0 spiro atoms. The number of hydrogen-bond donors (Lipinski definition) is 1. The van der Waals surface area contributed by atoms with E-state index in [1.807, 2.05) is 60.8 Å². The molecule has 6 nitrogen and oxygen atoms in total. The van der Waals surface area contributed by atoms with E-state index in [0.29, 0.717) is 19.4 Å². The molecule has 0 unspecified atom stereocenters. The lowest BCUT2D eigenvalue weighted by Crippen LogP contribution is -2.23. The van der Waals surface area contributed by atoms with Gasteiger partial charge < -0.3 is 5.32 Å². The van der Waals surface area contributed by atoms with Crippen LogP contribution in [-0.2, 0) is 17.8 Å². The molecular formula is C21H21N5O. The van der Waals surface area contributed by atoms with E-state index in [2.05, 4.69) is 15.4 Å². The molecule has 6 heteroatoms. The molecule has 0 aliphatic rings. The Morgan fingerprint density at radius 2 is 1.93 bits per heavy atom. The molecule has 0 aliphatic heterocycles. The molecule has 1 aromatic carbocycles. The Hall–Kier alpha value is -3.28. The van der Waals surface area contributed by atoms with Crippen molar-refractivity contribution in [3.63, 3.8) is 0 Å². The molecule has 0 saturated carbocycles. The summed E-state index contributed by atoms with van der Waals surface area (Å²) in [6.45, 7) is 4.48. The van der Waals surface area contributed by atoms with Crippen molar-refractivity contribution in [1.82, 2.24) is 24.9 Å². The lowest BCUT2D eigenvalue weighted by atomic mass is 10.1. The number of aryl methyl sites for hydroxylation is 2. The zero-order chi connectivity index (χ0) is 18.8. The molecule has 0 radical (unpaired) electrons. The third kappa shape index (κ3) is 3.38. The van der Waals surface area contributed by atoms with Crippen molar-refractivity contribution in [1.29, 1.82) is 0 Å². The average Bonchev–Trinajstić information content (AvgIpc) is 3.06. The molecule has 3 heterocycles. The fraction of sp³-hybridized carbons (Fsp3) is 0.238. The molecule has 0 fully saturated rings. The van der Waals surface area contributed by atoms with Crippen LogP contribution in [0.2, 0.25) is 0 Å².